The quantitative estimate of drug-likeness (QED) is 0.496. The molecule has 3 rings (SSSR count). The first-order chi connectivity index (χ1) is 11.9. The van der Waals surface area contributed by atoms with Crippen LogP contribution in [0.2, 0.25) is 0 Å². The Bertz CT molecular complexity index is 599. The molecule has 5 unspecified atom stereocenters. The molecule has 9 heteroatoms. The number of nitrogens with zero attached hydrogens (tertiary/aromatic N) is 2. The molecule has 4 N–H and O–H groups in total. The third kappa shape index (κ3) is 3.39. The summed E-state index contributed by atoms with van der Waals surface area (Å²) < 4.78 is 10.9. The summed E-state index contributed by atoms with van der Waals surface area (Å²) in [5, 5.41) is 38.9. The molecule has 2 aliphatic heterocycles. The van der Waals surface area contributed by atoms with Gasteiger partial charge in [0.05, 0.1) is 12.6 Å². The molecule has 2 fully saturated rings. The van der Waals surface area contributed by atoms with Gasteiger partial charge in [-0.1, -0.05) is 6.07 Å². The first-order valence-electron chi connectivity index (χ1n) is 8.06. The number of carbonyl (C=O) groups excluding carboxylic acids is 1. The van der Waals surface area contributed by atoms with Crippen LogP contribution < -0.4 is 0 Å². The molecular weight excluding hydrogens is 332 g/mol. The van der Waals surface area contributed by atoms with Gasteiger partial charge in [-0.05, 0) is 11.6 Å². The number of carbonyl (C=O) groups is 1. The van der Waals surface area contributed by atoms with Crippen molar-refractivity contribution in [3.8, 4) is 0 Å². The van der Waals surface area contributed by atoms with Crippen LogP contribution in [0.15, 0.2) is 24.5 Å². The average Bonchev–Trinajstić information content (AvgIpc) is 2.91. The molecule has 1 aromatic heterocycles. The zero-order valence-electron chi connectivity index (χ0n) is 13.7. The lowest BCUT2D eigenvalue weighted by molar-refractivity contribution is -0.308. The van der Waals surface area contributed by atoms with E-state index in [0.717, 1.165) is 5.56 Å². The van der Waals surface area contributed by atoms with Crippen LogP contribution in [0.5, 0.6) is 0 Å². The van der Waals surface area contributed by atoms with E-state index in [0.29, 0.717) is 6.42 Å². The Kier molecular flexibility index (Phi) is 5.32. The molecule has 0 bridgehead atoms. The predicted octanol–water partition coefficient (Wildman–Crippen LogP) is -1.83. The molecule has 1 aromatic rings. The van der Waals surface area contributed by atoms with Gasteiger partial charge in [0.15, 0.2) is 6.29 Å². The number of aromatic nitrogens is 1. The maximum absolute atomic E-state index is 12.4. The average molecular weight is 354 g/mol. The fourth-order valence-electron chi connectivity index (χ4n) is 3.23. The Balaban J connectivity index is 1.71. The molecule has 1 amide bonds. The van der Waals surface area contributed by atoms with Gasteiger partial charge in [0.1, 0.15) is 30.5 Å². The fourth-order valence-corrected chi connectivity index (χ4v) is 3.23. The van der Waals surface area contributed by atoms with Crippen molar-refractivity contribution < 1.29 is 34.7 Å². The Morgan fingerprint density at radius 3 is 2.72 bits per heavy atom. The van der Waals surface area contributed by atoms with Crippen LogP contribution >= 0.6 is 0 Å². The monoisotopic (exact) mass is 354 g/mol. The second-order valence-electron chi connectivity index (χ2n) is 6.31. The predicted molar refractivity (Wildman–Crippen MR) is 83.0 cm³/mol. The maximum Gasteiger partial charge on any atom is 0.252 e. The fraction of sp³-hybridized carbons (Fsp3) is 0.625. The summed E-state index contributed by atoms with van der Waals surface area (Å²) in [7, 11) is 1.65. The molecule has 0 saturated carbocycles. The SMILES string of the molecule is CN1C(=O)[C@H](OC2OC(CO)C(O)C(O)C2O)C[C@H]1c1cccnc1. The maximum atomic E-state index is 12.4. The molecule has 9 nitrogen and oxygen atoms in total. The van der Waals surface area contributed by atoms with E-state index in [-0.39, 0.29) is 11.9 Å². The first kappa shape index (κ1) is 18.2. The van der Waals surface area contributed by atoms with Gasteiger partial charge in [-0.2, -0.15) is 0 Å². The van der Waals surface area contributed by atoms with E-state index in [4.69, 9.17) is 9.47 Å². The molecule has 25 heavy (non-hydrogen) atoms. The normalized spacial score (nSPS) is 39.0. The van der Waals surface area contributed by atoms with Crippen LogP contribution in [0.1, 0.15) is 18.0 Å². The molecule has 0 radical (unpaired) electrons. The lowest BCUT2D eigenvalue weighted by Gasteiger charge is -2.40. The lowest BCUT2D eigenvalue weighted by Crippen LogP contribution is -2.59. The van der Waals surface area contributed by atoms with Crippen molar-refractivity contribution in [2.24, 2.45) is 0 Å². The van der Waals surface area contributed by atoms with Gasteiger partial charge in [0, 0.05) is 25.9 Å². The van der Waals surface area contributed by atoms with Gasteiger partial charge in [0.25, 0.3) is 5.91 Å². The Morgan fingerprint density at radius 1 is 1.32 bits per heavy atom. The van der Waals surface area contributed by atoms with E-state index in [1.54, 1.807) is 25.5 Å². The highest BCUT2D eigenvalue weighted by Crippen LogP contribution is 2.34. The van der Waals surface area contributed by atoms with E-state index >= 15 is 0 Å². The molecule has 3 heterocycles. The van der Waals surface area contributed by atoms with Crippen molar-refractivity contribution in [3.05, 3.63) is 30.1 Å². The second-order valence-corrected chi connectivity index (χ2v) is 6.31. The van der Waals surface area contributed by atoms with E-state index in [1.807, 2.05) is 6.07 Å². The van der Waals surface area contributed by atoms with Crippen molar-refractivity contribution in [2.75, 3.05) is 13.7 Å². The number of aliphatic hydroxyl groups excluding tert-OH is 4. The minimum absolute atomic E-state index is 0.226. The highest BCUT2D eigenvalue weighted by atomic mass is 16.7. The Labute approximate surface area is 144 Å². The van der Waals surface area contributed by atoms with Gasteiger partial charge in [-0.3, -0.25) is 9.78 Å². The van der Waals surface area contributed by atoms with Crippen molar-refractivity contribution >= 4 is 5.91 Å². The number of likely N-dealkylation sites (tertiary alicyclic amines) is 1. The van der Waals surface area contributed by atoms with Crippen LogP contribution in [0.3, 0.4) is 0 Å². The largest absolute Gasteiger partial charge is 0.394 e. The number of hydrogen-bond donors (Lipinski definition) is 4. The van der Waals surface area contributed by atoms with E-state index in [9.17, 15) is 25.2 Å². The van der Waals surface area contributed by atoms with Gasteiger partial charge >= 0.3 is 0 Å². The van der Waals surface area contributed by atoms with E-state index < -0.39 is 43.4 Å². The summed E-state index contributed by atoms with van der Waals surface area (Å²) in [6, 6.07) is 3.41. The smallest absolute Gasteiger partial charge is 0.252 e. The summed E-state index contributed by atoms with van der Waals surface area (Å²) in [5.41, 5.74) is 0.859. The van der Waals surface area contributed by atoms with E-state index in [2.05, 4.69) is 4.98 Å². The van der Waals surface area contributed by atoms with Gasteiger partial charge in [0.2, 0.25) is 0 Å². The number of hydrogen-bond acceptors (Lipinski definition) is 8. The van der Waals surface area contributed by atoms with Crippen LogP contribution in [0, 0.1) is 0 Å². The molecule has 138 valence electrons. The van der Waals surface area contributed by atoms with Crippen molar-refractivity contribution in [2.45, 2.75) is 49.3 Å². The Morgan fingerprint density at radius 2 is 2.08 bits per heavy atom. The zero-order valence-corrected chi connectivity index (χ0v) is 13.7. The van der Waals surface area contributed by atoms with Gasteiger partial charge in [-0.25, -0.2) is 0 Å². The van der Waals surface area contributed by atoms with E-state index in [1.165, 1.54) is 4.90 Å². The Hall–Kier alpha value is -1.62. The molecular formula is C16H22N2O7. The second kappa shape index (κ2) is 7.32. The van der Waals surface area contributed by atoms with Crippen molar-refractivity contribution in [3.63, 3.8) is 0 Å². The summed E-state index contributed by atoms with van der Waals surface area (Å²) in [4.78, 5) is 18.0. The van der Waals surface area contributed by atoms with Gasteiger partial charge in [-0.15, -0.1) is 0 Å². The zero-order chi connectivity index (χ0) is 18.1. The number of aliphatic hydroxyl groups is 4. The number of ether oxygens (including phenoxy) is 2. The highest BCUT2D eigenvalue weighted by Gasteiger charge is 2.47. The third-order valence-corrected chi connectivity index (χ3v) is 4.74. The van der Waals surface area contributed by atoms with Crippen LogP contribution in [0.25, 0.3) is 0 Å². The molecule has 0 aliphatic carbocycles. The number of pyridine rings is 1. The van der Waals surface area contributed by atoms with Crippen LogP contribution in [-0.2, 0) is 14.3 Å². The minimum atomic E-state index is -1.54. The lowest BCUT2D eigenvalue weighted by atomic mass is 9.99. The highest BCUT2D eigenvalue weighted by molar-refractivity contribution is 5.83. The molecule has 0 spiro atoms. The molecule has 0 aromatic carbocycles. The first-order valence-corrected chi connectivity index (χ1v) is 8.06. The van der Waals surface area contributed by atoms with Crippen molar-refractivity contribution in [1.29, 1.82) is 0 Å². The van der Waals surface area contributed by atoms with Crippen molar-refractivity contribution in [1.82, 2.24) is 9.88 Å². The summed E-state index contributed by atoms with van der Waals surface area (Å²) in [5.74, 6) is -0.286. The molecule has 7 atom stereocenters. The number of likely N-dealkylation sites (N-methyl/N-ethyl adjacent to an activating group) is 1. The topological polar surface area (TPSA) is 133 Å². The number of amides is 1. The minimum Gasteiger partial charge on any atom is -0.394 e. The number of rotatable bonds is 4. The molecule has 2 saturated heterocycles. The summed E-state index contributed by atoms with van der Waals surface area (Å²) in [6.45, 7) is -0.554. The summed E-state index contributed by atoms with van der Waals surface area (Å²) in [6.07, 6.45) is -4.19. The van der Waals surface area contributed by atoms with Crippen LogP contribution in [0.4, 0.5) is 0 Å². The van der Waals surface area contributed by atoms with Gasteiger partial charge < -0.3 is 34.8 Å². The molecule has 2 aliphatic rings. The van der Waals surface area contributed by atoms with Crippen LogP contribution in [-0.4, -0.2) is 86.7 Å². The summed E-state index contributed by atoms with van der Waals surface area (Å²) >= 11 is 0. The standard InChI is InChI=1S/C16H22N2O7/c1-18-9(8-3-2-4-17-6-8)5-10(15(18)23)24-16-14(22)13(21)12(20)11(7-19)25-16/h2-4,6,9-14,16,19-22H,5,7H2,1H3/t9-,10+,11?,12?,13?,14?,16?/m0/s1. The third-order valence-electron chi connectivity index (χ3n) is 4.74.